The molecule has 0 amide bonds. The van der Waals surface area contributed by atoms with Crippen molar-refractivity contribution in [2.75, 3.05) is 0 Å². The Hall–Kier alpha value is -0.700. The summed E-state index contributed by atoms with van der Waals surface area (Å²) in [4.78, 5) is 16.6. The molecule has 0 saturated heterocycles. The van der Waals surface area contributed by atoms with Gasteiger partial charge in [-0.25, -0.2) is 4.98 Å². The predicted molar refractivity (Wildman–Crippen MR) is 75.9 cm³/mol. The first-order valence-corrected chi connectivity index (χ1v) is 8.00. The topological polar surface area (TPSA) is 30.0 Å². The highest BCUT2D eigenvalue weighted by molar-refractivity contribution is 7.09. The van der Waals surface area contributed by atoms with E-state index in [4.69, 9.17) is 0 Å². The second kappa shape index (κ2) is 6.46. The summed E-state index contributed by atoms with van der Waals surface area (Å²) in [6.45, 7) is 4.24. The minimum atomic E-state index is 0.308. The zero-order valence-corrected chi connectivity index (χ0v) is 12.3. The van der Waals surface area contributed by atoms with Crippen molar-refractivity contribution in [3.63, 3.8) is 0 Å². The van der Waals surface area contributed by atoms with Crippen molar-refractivity contribution in [1.82, 2.24) is 4.98 Å². The monoisotopic (exact) mass is 265 g/mol. The van der Waals surface area contributed by atoms with Crippen LogP contribution in [0.2, 0.25) is 0 Å². The lowest BCUT2D eigenvalue weighted by molar-refractivity contribution is -0.123. The molecule has 2 rings (SSSR count). The number of hydrogen-bond donors (Lipinski definition) is 0. The largest absolute Gasteiger partial charge is 0.299 e. The summed E-state index contributed by atoms with van der Waals surface area (Å²) in [5.41, 5.74) is 1.04. The highest BCUT2D eigenvalue weighted by atomic mass is 32.1. The van der Waals surface area contributed by atoms with Crippen LogP contribution in [0.15, 0.2) is 5.38 Å². The molecular weight excluding hydrogens is 242 g/mol. The molecule has 1 fully saturated rings. The third kappa shape index (κ3) is 3.64. The molecule has 1 heterocycles. The van der Waals surface area contributed by atoms with E-state index in [-0.39, 0.29) is 0 Å². The maximum atomic E-state index is 12.2. The van der Waals surface area contributed by atoms with Gasteiger partial charge in [0.1, 0.15) is 10.8 Å². The van der Waals surface area contributed by atoms with Crippen LogP contribution >= 0.6 is 11.3 Å². The Kier molecular flexibility index (Phi) is 4.93. The number of aromatic nitrogens is 1. The smallest absolute Gasteiger partial charge is 0.142 e. The molecule has 18 heavy (non-hydrogen) atoms. The van der Waals surface area contributed by atoms with Crippen LogP contribution in [0.1, 0.15) is 56.2 Å². The molecule has 1 saturated carbocycles. The number of thiazole rings is 1. The minimum Gasteiger partial charge on any atom is -0.299 e. The lowest BCUT2D eigenvalue weighted by atomic mass is 9.78. The fraction of sp³-hybridized carbons (Fsp3) is 0.733. The van der Waals surface area contributed by atoms with E-state index in [1.165, 1.54) is 25.7 Å². The number of ketones is 1. The molecule has 0 spiro atoms. The molecule has 1 aliphatic rings. The van der Waals surface area contributed by atoms with Gasteiger partial charge in [0.15, 0.2) is 0 Å². The maximum absolute atomic E-state index is 12.2. The van der Waals surface area contributed by atoms with Gasteiger partial charge in [0.25, 0.3) is 0 Å². The second-order valence-electron chi connectivity index (χ2n) is 5.53. The van der Waals surface area contributed by atoms with Crippen LogP contribution < -0.4 is 0 Å². The van der Waals surface area contributed by atoms with Gasteiger partial charge in [0.05, 0.1) is 6.42 Å². The van der Waals surface area contributed by atoms with E-state index >= 15 is 0 Å². The van der Waals surface area contributed by atoms with E-state index < -0.39 is 0 Å². The summed E-state index contributed by atoms with van der Waals surface area (Å²) in [7, 11) is 0. The SMILES string of the molecule is CCCC1CCC(C(=O)Cc2nc(C)cs2)CC1. The van der Waals surface area contributed by atoms with Crippen LogP contribution in [0.5, 0.6) is 0 Å². The second-order valence-corrected chi connectivity index (χ2v) is 6.47. The van der Waals surface area contributed by atoms with Crippen LogP contribution in [0, 0.1) is 18.8 Å². The quantitative estimate of drug-likeness (QED) is 0.799. The average molecular weight is 265 g/mol. The maximum Gasteiger partial charge on any atom is 0.142 e. The molecule has 0 aliphatic heterocycles. The van der Waals surface area contributed by atoms with Gasteiger partial charge >= 0.3 is 0 Å². The molecule has 1 aliphatic carbocycles. The van der Waals surface area contributed by atoms with E-state index in [9.17, 15) is 4.79 Å². The first-order valence-electron chi connectivity index (χ1n) is 7.12. The minimum absolute atomic E-state index is 0.308. The molecule has 0 bridgehead atoms. The number of aryl methyl sites for hydroxylation is 1. The summed E-state index contributed by atoms with van der Waals surface area (Å²) in [6.07, 6.45) is 7.89. The van der Waals surface area contributed by atoms with Crippen LogP contribution in [0.4, 0.5) is 0 Å². The van der Waals surface area contributed by atoms with Gasteiger partial charge in [0, 0.05) is 17.0 Å². The zero-order chi connectivity index (χ0) is 13.0. The highest BCUT2D eigenvalue weighted by Gasteiger charge is 2.26. The van der Waals surface area contributed by atoms with Gasteiger partial charge in [-0.05, 0) is 38.5 Å². The Balaban J connectivity index is 1.80. The molecule has 1 aromatic rings. The Labute approximate surface area is 114 Å². The molecule has 2 nitrogen and oxygen atoms in total. The summed E-state index contributed by atoms with van der Waals surface area (Å²) in [5.74, 6) is 1.60. The molecule has 3 heteroatoms. The molecule has 0 unspecified atom stereocenters. The summed E-state index contributed by atoms with van der Waals surface area (Å²) in [6, 6.07) is 0. The van der Waals surface area contributed by atoms with E-state index in [1.54, 1.807) is 11.3 Å². The van der Waals surface area contributed by atoms with E-state index in [0.717, 1.165) is 29.5 Å². The van der Waals surface area contributed by atoms with E-state index in [0.29, 0.717) is 18.1 Å². The van der Waals surface area contributed by atoms with Crippen molar-refractivity contribution >= 4 is 17.1 Å². The average Bonchev–Trinajstić information content (AvgIpc) is 2.76. The zero-order valence-electron chi connectivity index (χ0n) is 11.4. The normalized spacial score (nSPS) is 24.1. The molecule has 0 radical (unpaired) electrons. The molecule has 1 aromatic heterocycles. The number of carbonyl (C=O) groups excluding carboxylic acids is 1. The molecular formula is C15H23NOS. The molecule has 0 aromatic carbocycles. The van der Waals surface area contributed by atoms with Gasteiger partial charge in [0.2, 0.25) is 0 Å². The van der Waals surface area contributed by atoms with E-state index in [1.807, 2.05) is 12.3 Å². The Morgan fingerprint density at radius 2 is 2.11 bits per heavy atom. The lowest BCUT2D eigenvalue weighted by Gasteiger charge is -2.27. The summed E-state index contributed by atoms with van der Waals surface area (Å²) < 4.78 is 0. The lowest BCUT2D eigenvalue weighted by Crippen LogP contribution is -2.23. The molecule has 100 valence electrons. The van der Waals surface area contributed by atoms with E-state index in [2.05, 4.69) is 11.9 Å². The predicted octanol–water partition coefficient (Wildman–Crippen LogP) is 4.17. The van der Waals surface area contributed by atoms with Crippen LogP contribution in [-0.2, 0) is 11.2 Å². The fourth-order valence-electron chi connectivity index (χ4n) is 2.96. The van der Waals surface area contributed by atoms with Crippen molar-refractivity contribution in [1.29, 1.82) is 0 Å². The highest BCUT2D eigenvalue weighted by Crippen LogP contribution is 2.32. The molecule has 0 atom stereocenters. The van der Waals surface area contributed by atoms with Gasteiger partial charge in [-0.2, -0.15) is 0 Å². The van der Waals surface area contributed by atoms with Crippen LogP contribution in [-0.4, -0.2) is 10.8 Å². The Morgan fingerprint density at radius 3 is 2.67 bits per heavy atom. The summed E-state index contributed by atoms with van der Waals surface area (Å²) in [5, 5.41) is 3.02. The van der Waals surface area contributed by atoms with Gasteiger partial charge in [-0.1, -0.05) is 19.8 Å². The van der Waals surface area contributed by atoms with Gasteiger partial charge < -0.3 is 0 Å². The van der Waals surface area contributed by atoms with Crippen molar-refractivity contribution < 1.29 is 4.79 Å². The van der Waals surface area contributed by atoms with Crippen molar-refractivity contribution in [3.8, 4) is 0 Å². The number of hydrogen-bond acceptors (Lipinski definition) is 3. The van der Waals surface area contributed by atoms with Gasteiger partial charge in [-0.3, -0.25) is 4.79 Å². The number of carbonyl (C=O) groups is 1. The fourth-order valence-corrected chi connectivity index (χ4v) is 3.74. The number of rotatable bonds is 5. The Morgan fingerprint density at radius 1 is 1.39 bits per heavy atom. The standard InChI is InChI=1S/C15H23NOS/c1-3-4-12-5-7-13(8-6-12)14(17)9-15-16-11(2)10-18-15/h10,12-13H,3-9H2,1-2H3. The van der Waals surface area contributed by atoms with Crippen LogP contribution in [0.3, 0.4) is 0 Å². The van der Waals surface area contributed by atoms with Crippen LogP contribution in [0.25, 0.3) is 0 Å². The van der Waals surface area contributed by atoms with Crippen molar-refractivity contribution in [3.05, 3.63) is 16.1 Å². The first-order chi connectivity index (χ1) is 8.69. The number of Topliss-reactive ketones (excluding diaryl/α,β-unsaturated/α-hetero) is 1. The third-order valence-electron chi connectivity index (χ3n) is 3.99. The third-order valence-corrected chi connectivity index (χ3v) is 4.96. The first kappa shape index (κ1) is 13.7. The summed E-state index contributed by atoms with van der Waals surface area (Å²) >= 11 is 1.62. The van der Waals surface area contributed by atoms with Crippen molar-refractivity contribution in [2.45, 2.75) is 58.8 Å². The molecule has 0 N–H and O–H groups in total. The Bertz CT molecular complexity index is 391. The number of nitrogens with zero attached hydrogens (tertiary/aromatic N) is 1. The van der Waals surface area contributed by atoms with Crippen molar-refractivity contribution in [2.24, 2.45) is 11.8 Å². The van der Waals surface area contributed by atoms with Gasteiger partial charge in [-0.15, -0.1) is 11.3 Å².